The Bertz CT molecular complexity index is 633. The molecule has 1 aromatic heterocycles. The van der Waals surface area contributed by atoms with Crippen LogP contribution in [0, 0.1) is 13.8 Å². The van der Waals surface area contributed by atoms with Gasteiger partial charge in [0, 0.05) is 6.54 Å². The quantitative estimate of drug-likeness (QED) is 0.917. The van der Waals surface area contributed by atoms with E-state index in [1.165, 1.54) is 5.56 Å². The van der Waals surface area contributed by atoms with E-state index >= 15 is 0 Å². The van der Waals surface area contributed by atoms with Crippen LogP contribution in [-0.4, -0.2) is 20.7 Å². The van der Waals surface area contributed by atoms with Crippen molar-refractivity contribution in [2.24, 2.45) is 0 Å². The molecule has 1 N–H and O–H groups in total. The predicted octanol–water partition coefficient (Wildman–Crippen LogP) is 2.33. The molecule has 1 heterocycles. The van der Waals surface area contributed by atoms with Gasteiger partial charge in [0.05, 0.1) is 12.5 Å². The summed E-state index contributed by atoms with van der Waals surface area (Å²) in [5.74, 6) is 0.786. The first-order valence-corrected chi connectivity index (χ1v) is 7.24. The van der Waals surface area contributed by atoms with E-state index in [1.54, 1.807) is 6.33 Å². The molecule has 0 saturated heterocycles. The van der Waals surface area contributed by atoms with Gasteiger partial charge in [-0.15, -0.1) is 10.2 Å². The molecule has 21 heavy (non-hydrogen) atoms. The van der Waals surface area contributed by atoms with Crippen molar-refractivity contribution in [1.82, 2.24) is 20.1 Å². The van der Waals surface area contributed by atoms with Gasteiger partial charge in [0.2, 0.25) is 5.91 Å². The van der Waals surface area contributed by atoms with Crippen LogP contribution >= 0.6 is 0 Å². The molecule has 5 nitrogen and oxygen atoms in total. The summed E-state index contributed by atoms with van der Waals surface area (Å²) >= 11 is 0. The van der Waals surface area contributed by atoms with Gasteiger partial charge in [-0.25, -0.2) is 0 Å². The van der Waals surface area contributed by atoms with Gasteiger partial charge in [0.1, 0.15) is 6.33 Å². The van der Waals surface area contributed by atoms with E-state index in [-0.39, 0.29) is 11.9 Å². The number of carbonyl (C=O) groups is 1. The maximum Gasteiger partial charge on any atom is 0.225 e. The zero-order valence-electron chi connectivity index (χ0n) is 13.1. The number of hydrogen-bond acceptors (Lipinski definition) is 3. The summed E-state index contributed by atoms with van der Waals surface area (Å²) in [6, 6.07) is 6.02. The van der Waals surface area contributed by atoms with Crippen molar-refractivity contribution in [2.75, 3.05) is 0 Å². The van der Waals surface area contributed by atoms with Gasteiger partial charge >= 0.3 is 0 Å². The second-order valence-corrected chi connectivity index (χ2v) is 5.37. The lowest BCUT2D eigenvalue weighted by atomic mass is 10.0. The van der Waals surface area contributed by atoms with Crippen LogP contribution in [0.5, 0.6) is 0 Å². The summed E-state index contributed by atoms with van der Waals surface area (Å²) in [5.41, 5.74) is 3.37. The normalized spacial score (nSPS) is 12.2. The fourth-order valence-electron chi connectivity index (χ4n) is 2.36. The van der Waals surface area contributed by atoms with Crippen LogP contribution in [0.3, 0.4) is 0 Å². The highest BCUT2D eigenvalue weighted by Gasteiger charge is 2.15. The lowest BCUT2D eigenvalue weighted by Crippen LogP contribution is -2.30. The second-order valence-electron chi connectivity index (χ2n) is 5.37. The number of amides is 1. The number of hydrogen-bond donors (Lipinski definition) is 1. The lowest BCUT2D eigenvalue weighted by molar-refractivity contribution is -0.121. The minimum atomic E-state index is -0.148. The molecule has 0 unspecified atom stereocenters. The third-order valence-electron chi connectivity index (χ3n) is 3.61. The Labute approximate surface area is 125 Å². The second kappa shape index (κ2) is 6.52. The van der Waals surface area contributed by atoms with Gasteiger partial charge in [-0.1, -0.05) is 23.8 Å². The number of aromatic nitrogens is 3. The van der Waals surface area contributed by atoms with Crippen LogP contribution < -0.4 is 5.32 Å². The summed E-state index contributed by atoms with van der Waals surface area (Å²) < 4.78 is 1.93. The van der Waals surface area contributed by atoms with E-state index in [0.717, 1.165) is 23.5 Å². The Morgan fingerprint density at radius 3 is 2.86 bits per heavy atom. The van der Waals surface area contributed by atoms with Gasteiger partial charge in [-0.05, 0) is 38.8 Å². The molecule has 1 aromatic carbocycles. The minimum absolute atomic E-state index is 0.00172. The SMILES string of the molecule is CCn1cnnc1[C@@H](C)NC(=O)Cc1cc(C)ccc1C. The summed E-state index contributed by atoms with van der Waals surface area (Å²) in [7, 11) is 0. The van der Waals surface area contributed by atoms with Crippen molar-refractivity contribution >= 4 is 5.91 Å². The maximum atomic E-state index is 12.2. The van der Waals surface area contributed by atoms with Gasteiger partial charge in [0.15, 0.2) is 5.82 Å². The first-order chi connectivity index (χ1) is 10.0. The number of carbonyl (C=O) groups excluding carboxylic acids is 1. The molecule has 2 aromatic rings. The smallest absolute Gasteiger partial charge is 0.225 e. The highest BCUT2D eigenvalue weighted by molar-refractivity contribution is 5.79. The summed E-state index contributed by atoms with van der Waals surface area (Å²) in [5, 5.41) is 11.0. The maximum absolute atomic E-state index is 12.2. The molecule has 5 heteroatoms. The molecule has 0 aliphatic carbocycles. The highest BCUT2D eigenvalue weighted by atomic mass is 16.1. The van der Waals surface area contributed by atoms with Crippen LogP contribution in [0.15, 0.2) is 24.5 Å². The Morgan fingerprint density at radius 1 is 1.38 bits per heavy atom. The molecule has 112 valence electrons. The van der Waals surface area contributed by atoms with Gasteiger partial charge in [0.25, 0.3) is 0 Å². The zero-order chi connectivity index (χ0) is 15.4. The lowest BCUT2D eigenvalue weighted by Gasteiger charge is -2.14. The van der Waals surface area contributed by atoms with Gasteiger partial charge in [-0.2, -0.15) is 0 Å². The van der Waals surface area contributed by atoms with Crippen LogP contribution in [0.2, 0.25) is 0 Å². The molecule has 0 fully saturated rings. The molecule has 0 bridgehead atoms. The largest absolute Gasteiger partial charge is 0.346 e. The molecule has 1 atom stereocenters. The first kappa shape index (κ1) is 15.2. The van der Waals surface area contributed by atoms with E-state index in [1.807, 2.05) is 32.3 Å². The fraction of sp³-hybridized carbons (Fsp3) is 0.438. The molecule has 0 saturated carbocycles. The molecular formula is C16H22N4O. The summed E-state index contributed by atoms with van der Waals surface area (Å²) in [6.07, 6.45) is 2.07. The average molecular weight is 286 g/mol. The molecule has 0 aliphatic heterocycles. The van der Waals surface area contributed by atoms with E-state index in [4.69, 9.17) is 0 Å². The Kier molecular flexibility index (Phi) is 4.73. The minimum Gasteiger partial charge on any atom is -0.346 e. The zero-order valence-corrected chi connectivity index (χ0v) is 13.1. The van der Waals surface area contributed by atoms with Crippen molar-refractivity contribution < 1.29 is 4.79 Å². The third kappa shape index (κ3) is 3.68. The average Bonchev–Trinajstić information content (AvgIpc) is 2.91. The van der Waals surface area contributed by atoms with E-state index in [9.17, 15) is 4.79 Å². The molecule has 1 amide bonds. The molecule has 0 aliphatic rings. The van der Waals surface area contributed by atoms with Gasteiger partial charge < -0.3 is 9.88 Å². The first-order valence-electron chi connectivity index (χ1n) is 7.24. The highest BCUT2D eigenvalue weighted by Crippen LogP contribution is 2.13. The Hall–Kier alpha value is -2.17. The summed E-state index contributed by atoms with van der Waals surface area (Å²) in [4.78, 5) is 12.2. The standard InChI is InChI=1S/C16H22N4O/c1-5-20-10-17-19-16(20)13(4)18-15(21)9-14-8-11(2)6-7-12(14)3/h6-8,10,13H,5,9H2,1-4H3,(H,18,21)/t13-/m1/s1. The number of aryl methyl sites for hydroxylation is 3. The van der Waals surface area contributed by atoms with Crippen molar-refractivity contribution in [2.45, 2.75) is 46.7 Å². The monoisotopic (exact) mass is 286 g/mol. The van der Waals surface area contributed by atoms with E-state index < -0.39 is 0 Å². The van der Waals surface area contributed by atoms with Crippen molar-refractivity contribution in [1.29, 1.82) is 0 Å². The van der Waals surface area contributed by atoms with Crippen molar-refractivity contribution in [3.63, 3.8) is 0 Å². The number of nitrogens with zero attached hydrogens (tertiary/aromatic N) is 3. The van der Waals surface area contributed by atoms with Crippen molar-refractivity contribution in [3.8, 4) is 0 Å². The van der Waals surface area contributed by atoms with E-state index in [2.05, 4.69) is 33.7 Å². The third-order valence-corrected chi connectivity index (χ3v) is 3.61. The summed E-state index contributed by atoms with van der Waals surface area (Å²) in [6.45, 7) is 8.81. The van der Waals surface area contributed by atoms with Crippen LogP contribution in [0.1, 0.15) is 42.4 Å². The molecule has 2 rings (SSSR count). The van der Waals surface area contributed by atoms with Crippen LogP contribution in [0.25, 0.3) is 0 Å². The molecule has 0 radical (unpaired) electrons. The fourth-order valence-corrected chi connectivity index (χ4v) is 2.36. The van der Waals surface area contributed by atoms with Crippen LogP contribution in [0.4, 0.5) is 0 Å². The number of rotatable bonds is 5. The van der Waals surface area contributed by atoms with Gasteiger partial charge in [-0.3, -0.25) is 4.79 Å². The molecule has 0 spiro atoms. The van der Waals surface area contributed by atoms with E-state index in [0.29, 0.717) is 6.42 Å². The van der Waals surface area contributed by atoms with Crippen LogP contribution in [-0.2, 0) is 17.8 Å². The Morgan fingerprint density at radius 2 is 2.14 bits per heavy atom. The number of benzene rings is 1. The topological polar surface area (TPSA) is 59.8 Å². The molecular weight excluding hydrogens is 264 g/mol. The Balaban J connectivity index is 2.03. The predicted molar refractivity (Wildman–Crippen MR) is 81.9 cm³/mol. The number of nitrogens with one attached hydrogen (secondary N) is 1. The van der Waals surface area contributed by atoms with Crippen molar-refractivity contribution in [3.05, 3.63) is 47.0 Å².